The van der Waals surface area contributed by atoms with Crippen LogP contribution < -0.4 is 11.1 Å². The fourth-order valence-electron chi connectivity index (χ4n) is 1.73. The summed E-state index contributed by atoms with van der Waals surface area (Å²) >= 11 is 0. The standard InChI is InChI=1S/C16H24N2O3/c1-16(2,3)21-15(20)18-10-9-13(17)14(19)11-12-7-5-4-6-8-12/h4-8,13H,9-11,17H2,1-3H3,(H,18,20). The maximum atomic E-state index is 11.9. The second kappa shape index (κ2) is 7.78. The van der Waals surface area contributed by atoms with Crippen LogP contribution in [0, 0.1) is 0 Å². The van der Waals surface area contributed by atoms with Gasteiger partial charge in [-0.3, -0.25) is 4.79 Å². The van der Waals surface area contributed by atoms with Crippen LogP contribution in [-0.2, 0) is 16.0 Å². The summed E-state index contributed by atoms with van der Waals surface area (Å²) in [6.45, 7) is 5.70. The predicted octanol–water partition coefficient (Wildman–Crippen LogP) is 2.04. The van der Waals surface area contributed by atoms with E-state index in [2.05, 4.69) is 5.32 Å². The molecule has 0 saturated heterocycles. The topological polar surface area (TPSA) is 81.4 Å². The molecule has 1 amide bonds. The van der Waals surface area contributed by atoms with Gasteiger partial charge in [-0.1, -0.05) is 30.3 Å². The van der Waals surface area contributed by atoms with E-state index < -0.39 is 17.7 Å². The molecular weight excluding hydrogens is 268 g/mol. The number of nitrogens with two attached hydrogens (primary N) is 1. The third-order valence-electron chi connectivity index (χ3n) is 2.76. The molecule has 3 N–H and O–H groups in total. The number of amides is 1. The van der Waals surface area contributed by atoms with Crippen molar-refractivity contribution in [3.05, 3.63) is 35.9 Å². The van der Waals surface area contributed by atoms with Crippen molar-refractivity contribution in [3.63, 3.8) is 0 Å². The maximum absolute atomic E-state index is 11.9. The molecule has 0 aliphatic rings. The Balaban J connectivity index is 2.29. The molecule has 0 aliphatic carbocycles. The van der Waals surface area contributed by atoms with Crippen LogP contribution in [0.2, 0.25) is 0 Å². The van der Waals surface area contributed by atoms with E-state index in [0.717, 1.165) is 5.56 Å². The molecule has 5 nitrogen and oxygen atoms in total. The van der Waals surface area contributed by atoms with Crippen LogP contribution in [0.5, 0.6) is 0 Å². The van der Waals surface area contributed by atoms with E-state index in [4.69, 9.17) is 10.5 Å². The van der Waals surface area contributed by atoms with Crippen molar-refractivity contribution < 1.29 is 14.3 Å². The highest BCUT2D eigenvalue weighted by atomic mass is 16.6. The van der Waals surface area contributed by atoms with Gasteiger partial charge < -0.3 is 15.8 Å². The second-order valence-corrected chi connectivity index (χ2v) is 5.95. The van der Waals surface area contributed by atoms with Crippen LogP contribution in [0.25, 0.3) is 0 Å². The Kier molecular flexibility index (Phi) is 6.37. The molecule has 0 radical (unpaired) electrons. The Labute approximate surface area is 125 Å². The first-order chi connectivity index (χ1) is 9.78. The molecule has 1 aromatic rings. The molecule has 0 aliphatic heterocycles. The number of carbonyl (C=O) groups is 2. The van der Waals surface area contributed by atoms with E-state index in [9.17, 15) is 9.59 Å². The Morgan fingerprint density at radius 2 is 1.86 bits per heavy atom. The lowest BCUT2D eigenvalue weighted by Crippen LogP contribution is -2.38. The third kappa shape index (κ3) is 7.46. The normalized spacial score (nSPS) is 12.6. The molecule has 116 valence electrons. The molecule has 0 heterocycles. The summed E-state index contributed by atoms with van der Waals surface area (Å²) in [5, 5.41) is 2.60. The minimum Gasteiger partial charge on any atom is -0.444 e. The SMILES string of the molecule is CC(C)(C)OC(=O)NCCC(N)C(=O)Cc1ccccc1. The average Bonchev–Trinajstić information content (AvgIpc) is 2.37. The van der Waals surface area contributed by atoms with Gasteiger partial charge >= 0.3 is 6.09 Å². The Morgan fingerprint density at radius 3 is 2.43 bits per heavy atom. The molecule has 0 bridgehead atoms. The monoisotopic (exact) mass is 292 g/mol. The van der Waals surface area contributed by atoms with Gasteiger partial charge in [-0.25, -0.2) is 4.79 Å². The van der Waals surface area contributed by atoms with Crippen molar-refractivity contribution in [2.45, 2.75) is 45.3 Å². The zero-order valence-corrected chi connectivity index (χ0v) is 12.9. The van der Waals surface area contributed by atoms with Gasteiger partial charge in [-0.15, -0.1) is 0 Å². The highest BCUT2D eigenvalue weighted by molar-refractivity contribution is 5.85. The van der Waals surface area contributed by atoms with Crippen LogP contribution in [0.4, 0.5) is 4.79 Å². The van der Waals surface area contributed by atoms with E-state index in [1.54, 1.807) is 20.8 Å². The molecule has 5 heteroatoms. The first kappa shape index (κ1) is 17.2. The van der Waals surface area contributed by atoms with Crippen molar-refractivity contribution in [1.29, 1.82) is 0 Å². The number of Topliss-reactive ketones (excluding diaryl/α,β-unsaturated/α-hetero) is 1. The van der Waals surface area contributed by atoms with Crippen LogP contribution in [0.15, 0.2) is 30.3 Å². The minimum absolute atomic E-state index is 0.0350. The van der Waals surface area contributed by atoms with Gasteiger partial charge in [0.2, 0.25) is 0 Å². The molecule has 0 saturated carbocycles. The Hall–Kier alpha value is -1.88. The molecule has 0 fully saturated rings. The third-order valence-corrected chi connectivity index (χ3v) is 2.76. The number of ether oxygens (including phenoxy) is 1. The van der Waals surface area contributed by atoms with Crippen LogP contribution in [0.1, 0.15) is 32.8 Å². The van der Waals surface area contributed by atoms with Gasteiger partial charge in [-0.2, -0.15) is 0 Å². The first-order valence-corrected chi connectivity index (χ1v) is 7.07. The average molecular weight is 292 g/mol. The fraction of sp³-hybridized carbons (Fsp3) is 0.500. The predicted molar refractivity (Wildman–Crippen MR) is 82.0 cm³/mol. The highest BCUT2D eigenvalue weighted by Crippen LogP contribution is 2.06. The number of benzene rings is 1. The molecule has 1 rings (SSSR count). The first-order valence-electron chi connectivity index (χ1n) is 7.07. The number of nitrogens with one attached hydrogen (secondary N) is 1. The van der Waals surface area contributed by atoms with Gasteiger partial charge in [-0.05, 0) is 32.8 Å². The van der Waals surface area contributed by atoms with Crippen LogP contribution in [-0.4, -0.2) is 30.1 Å². The molecule has 1 atom stereocenters. The number of carbonyl (C=O) groups excluding carboxylic acids is 2. The molecule has 1 aromatic carbocycles. The van der Waals surface area contributed by atoms with Gasteiger partial charge in [0.1, 0.15) is 5.60 Å². The van der Waals surface area contributed by atoms with Gasteiger partial charge in [0.15, 0.2) is 5.78 Å². The molecule has 21 heavy (non-hydrogen) atoms. The van der Waals surface area contributed by atoms with Crippen molar-refractivity contribution in [1.82, 2.24) is 5.32 Å². The van der Waals surface area contributed by atoms with Gasteiger partial charge in [0.25, 0.3) is 0 Å². The smallest absolute Gasteiger partial charge is 0.407 e. The Morgan fingerprint density at radius 1 is 1.24 bits per heavy atom. The molecule has 0 spiro atoms. The number of hydrogen-bond donors (Lipinski definition) is 2. The zero-order valence-electron chi connectivity index (χ0n) is 12.9. The van der Waals surface area contributed by atoms with Crippen molar-refractivity contribution >= 4 is 11.9 Å². The molecule has 0 aromatic heterocycles. The van der Waals surface area contributed by atoms with E-state index >= 15 is 0 Å². The quantitative estimate of drug-likeness (QED) is 0.840. The largest absolute Gasteiger partial charge is 0.444 e. The number of rotatable bonds is 6. The lowest BCUT2D eigenvalue weighted by atomic mass is 10.0. The van der Waals surface area contributed by atoms with Crippen molar-refractivity contribution in [2.24, 2.45) is 5.73 Å². The van der Waals surface area contributed by atoms with Crippen LogP contribution >= 0.6 is 0 Å². The lowest BCUT2D eigenvalue weighted by Gasteiger charge is -2.20. The summed E-state index contributed by atoms with van der Waals surface area (Å²) in [5.41, 5.74) is 6.25. The lowest BCUT2D eigenvalue weighted by molar-refractivity contribution is -0.119. The second-order valence-electron chi connectivity index (χ2n) is 5.95. The summed E-state index contributed by atoms with van der Waals surface area (Å²) < 4.78 is 5.10. The van der Waals surface area contributed by atoms with Crippen molar-refractivity contribution in [3.8, 4) is 0 Å². The van der Waals surface area contributed by atoms with Gasteiger partial charge in [0.05, 0.1) is 6.04 Å². The summed E-state index contributed by atoms with van der Waals surface area (Å²) in [5.74, 6) is -0.0350. The zero-order chi connectivity index (χ0) is 15.9. The van der Waals surface area contributed by atoms with E-state index in [1.165, 1.54) is 0 Å². The van der Waals surface area contributed by atoms with E-state index in [-0.39, 0.29) is 5.78 Å². The molecular formula is C16H24N2O3. The van der Waals surface area contributed by atoms with Gasteiger partial charge in [0, 0.05) is 13.0 Å². The Bertz CT molecular complexity index is 466. The van der Waals surface area contributed by atoms with E-state index in [1.807, 2.05) is 30.3 Å². The summed E-state index contributed by atoms with van der Waals surface area (Å²) in [7, 11) is 0. The number of hydrogen-bond acceptors (Lipinski definition) is 4. The summed E-state index contributed by atoms with van der Waals surface area (Å²) in [6.07, 6.45) is 0.213. The van der Waals surface area contributed by atoms with E-state index in [0.29, 0.717) is 19.4 Å². The van der Waals surface area contributed by atoms with Crippen molar-refractivity contribution in [2.75, 3.05) is 6.54 Å². The minimum atomic E-state index is -0.583. The number of ketones is 1. The number of alkyl carbamates (subject to hydrolysis) is 1. The fourth-order valence-corrected chi connectivity index (χ4v) is 1.73. The maximum Gasteiger partial charge on any atom is 0.407 e. The highest BCUT2D eigenvalue weighted by Gasteiger charge is 2.17. The summed E-state index contributed by atoms with van der Waals surface area (Å²) in [6, 6.07) is 8.88. The summed E-state index contributed by atoms with van der Waals surface area (Å²) in [4.78, 5) is 23.4. The molecule has 1 unspecified atom stereocenters. The van der Waals surface area contributed by atoms with Crippen LogP contribution in [0.3, 0.4) is 0 Å².